The van der Waals surface area contributed by atoms with E-state index in [0.717, 1.165) is 0 Å². The van der Waals surface area contributed by atoms with Crippen molar-refractivity contribution in [2.75, 3.05) is 5.43 Å². The number of para-hydroxylation sites is 1. The van der Waals surface area contributed by atoms with Crippen molar-refractivity contribution < 1.29 is 9.72 Å². The maximum Gasteiger partial charge on any atom is 0.371 e. The normalized spacial score (nSPS) is 12.5. The number of nitrogens with one attached hydrogen (secondary N) is 1. The number of anilines is 1. The molecule has 0 fully saturated rings. The zero-order chi connectivity index (χ0) is 18.4. The third-order valence-electron chi connectivity index (χ3n) is 3.44. The molecule has 0 amide bonds. The van der Waals surface area contributed by atoms with Crippen molar-refractivity contribution in [1.29, 1.82) is 0 Å². The summed E-state index contributed by atoms with van der Waals surface area (Å²) >= 11 is 12.1. The Labute approximate surface area is 154 Å². The van der Waals surface area contributed by atoms with Crippen molar-refractivity contribution in [1.82, 2.24) is 0 Å². The first-order valence-corrected chi connectivity index (χ1v) is 8.12. The van der Waals surface area contributed by atoms with Crippen LogP contribution in [-0.2, 0) is 4.79 Å². The minimum Gasteiger partial charge on any atom is -0.358 e. The van der Waals surface area contributed by atoms with E-state index in [9.17, 15) is 14.9 Å². The van der Waals surface area contributed by atoms with Gasteiger partial charge in [0.1, 0.15) is 17.4 Å². The van der Waals surface area contributed by atoms with Crippen LogP contribution in [-0.4, -0.2) is 16.5 Å². The smallest absolute Gasteiger partial charge is 0.358 e. The van der Waals surface area contributed by atoms with Crippen LogP contribution < -0.4 is 5.43 Å². The lowest BCUT2D eigenvalue weighted by atomic mass is 9.93. The van der Waals surface area contributed by atoms with Gasteiger partial charge in [-0.05, 0) is 29.5 Å². The Hall–Kier alpha value is -2.44. The van der Waals surface area contributed by atoms with E-state index in [4.69, 9.17) is 23.2 Å². The van der Waals surface area contributed by atoms with Crippen LogP contribution in [0, 0.1) is 10.1 Å². The fourth-order valence-corrected chi connectivity index (χ4v) is 2.78. The second kappa shape index (κ2) is 8.60. The number of halogens is 2. The van der Waals surface area contributed by atoms with Crippen molar-refractivity contribution in [3.8, 4) is 0 Å². The summed E-state index contributed by atoms with van der Waals surface area (Å²) in [4.78, 5) is 22.5. The molecular formula is C17H15Cl2N3O3. The van der Waals surface area contributed by atoms with Gasteiger partial charge in [-0.25, -0.2) is 0 Å². The average Bonchev–Trinajstić information content (AvgIpc) is 2.56. The first-order chi connectivity index (χ1) is 11.9. The largest absolute Gasteiger partial charge is 0.371 e. The molecule has 0 saturated heterocycles. The molecule has 1 unspecified atom stereocenters. The highest BCUT2D eigenvalue weighted by Gasteiger charge is 2.30. The Balaban J connectivity index is 2.42. The van der Waals surface area contributed by atoms with Gasteiger partial charge in [0, 0.05) is 6.42 Å². The monoisotopic (exact) mass is 379 g/mol. The number of hydrogen-bond donors (Lipinski definition) is 1. The van der Waals surface area contributed by atoms with Gasteiger partial charge >= 0.3 is 5.84 Å². The van der Waals surface area contributed by atoms with E-state index in [1.807, 2.05) is 0 Å². The van der Waals surface area contributed by atoms with Crippen molar-refractivity contribution in [2.45, 2.75) is 19.3 Å². The van der Waals surface area contributed by atoms with E-state index in [0.29, 0.717) is 5.56 Å². The number of carbonyl (C=O) groups excluding carboxylic acids is 1. The third kappa shape index (κ3) is 5.01. The summed E-state index contributed by atoms with van der Waals surface area (Å²) in [6.45, 7) is 1.38. The van der Waals surface area contributed by atoms with Gasteiger partial charge < -0.3 is 10.1 Å². The molecule has 1 atom stereocenters. The Morgan fingerprint density at radius 2 is 1.76 bits per heavy atom. The lowest BCUT2D eigenvalue weighted by molar-refractivity contribution is -0.354. The van der Waals surface area contributed by atoms with Gasteiger partial charge in [-0.2, -0.15) is 5.43 Å². The highest BCUT2D eigenvalue weighted by molar-refractivity contribution is 6.39. The molecule has 6 nitrogen and oxygen atoms in total. The lowest BCUT2D eigenvalue weighted by Crippen LogP contribution is -2.24. The van der Waals surface area contributed by atoms with Crippen LogP contribution in [0.4, 0.5) is 5.69 Å². The fraction of sp³-hybridized carbons (Fsp3) is 0.176. The van der Waals surface area contributed by atoms with Crippen LogP contribution in [0.15, 0.2) is 53.6 Å². The predicted octanol–water partition coefficient (Wildman–Crippen LogP) is 4.76. The molecule has 2 rings (SSSR count). The summed E-state index contributed by atoms with van der Waals surface area (Å²) in [7, 11) is 0. The molecule has 0 saturated carbocycles. The molecule has 0 aliphatic carbocycles. The predicted molar refractivity (Wildman–Crippen MR) is 99.0 cm³/mol. The molecule has 25 heavy (non-hydrogen) atoms. The number of hydrazone groups is 1. The Bertz CT molecular complexity index is 790. The molecule has 1 N–H and O–H groups in total. The van der Waals surface area contributed by atoms with Crippen molar-refractivity contribution in [2.24, 2.45) is 5.10 Å². The van der Waals surface area contributed by atoms with Crippen LogP contribution in [0.3, 0.4) is 0 Å². The van der Waals surface area contributed by atoms with Gasteiger partial charge in [-0.1, -0.05) is 59.6 Å². The topological polar surface area (TPSA) is 84.6 Å². The average molecular weight is 380 g/mol. The fourth-order valence-electron chi connectivity index (χ4n) is 2.29. The zero-order valence-electron chi connectivity index (χ0n) is 13.3. The van der Waals surface area contributed by atoms with Gasteiger partial charge in [0.15, 0.2) is 0 Å². The van der Waals surface area contributed by atoms with Crippen molar-refractivity contribution in [3.63, 3.8) is 0 Å². The molecule has 2 aromatic carbocycles. The standard InChI is InChI=1S/C17H15Cl2N3O3/c1-11(23)10-13(12-6-3-2-4-7-12)17(22(24)25)21-20-16-14(18)8-5-9-15(16)19/h2-9,13,20H,10H2,1H3/b21-17+. The van der Waals surface area contributed by atoms with E-state index in [2.05, 4.69) is 10.5 Å². The molecule has 2 aromatic rings. The van der Waals surface area contributed by atoms with E-state index in [1.165, 1.54) is 6.92 Å². The second-order valence-corrected chi connectivity index (χ2v) is 6.12. The highest BCUT2D eigenvalue weighted by atomic mass is 35.5. The summed E-state index contributed by atoms with van der Waals surface area (Å²) in [5.41, 5.74) is 3.45. The van der Waals surface area contributed by atoms with Crippen LogP contribution >= 0.6 is 23.2 Å². The number of nitrogens with zero attached hydrogens (tertiary/aromatic N) is 2. The molecule has 0 aromatic heterocycles. The summed E-state index contributed by atoms with van der Waals surface area (Å²) in [6, 6.07) is 13.5. The van der Waals surface area contributed by atoms with E-state index >= 15 is 0 Å². The van der Waals surface area contributed by atoms with Gasteiger partial charge in [0.2, 0.25) is 0 Å². The third-order valence-corrected chi connectivity index (χ3v) is 4.07. The number of hydrogen-bond acceptors (Lipinski definition) is 5. The first-order valence-electron chi connectivity index (χ1n) is 7.36. The molecule has 0 spiro atoms. The maximum atomic E-state index is 11.6. The maximum absolute atomic E-state index is 11.6. The van der Waals surface area contributed by atoms with Crippen molar-refractivity contribution in [3.05, 3.63) is 74.3 Å². The molecule has 0 heterocycles. The summed E-state index contributed by atoms with van der Waals surface area (Å²) in [5, 5.41) is 16.0. The zero-order valence-corrected chi connectivity index (χ0v) is 14.8. The van der Waals surface area contributed by atoms with Gasteiger partial charge in [0.25, 0.3) is 0 Å². The van der Waals surface area contributed by atoms with E-state index < -0.39 is 16.7 Å². The number of Topliss-reactive ketones (excluding diaryl/α,β-unsaturated/α-hetero) is 1. The Morgan fingerprint density at radius 1 is 1.16 bits per heavy atom. The number of benzene rings is 2. The van der Waals surface area contributed by atoms with Crippen LogP contribution in [0.5, 0.6) is 0 Å². The lowest BCUT2D eigenvalue weighted by Gasteiger charge is -2.13. The van der Waals surface area contributed by atoms with E-state index in [-0.39, 0.29) is 27.9 Å². The quantitative estimate of drug-likeness (QED) is 0.339. The van der Waals surface area contributed by atoms with Gasteiger partial charge in [-0.3, -0.25) is 4.79 Å². The Kier molecular flexibility index (Phi) is 6.50. The number of carbonyl (C=O) groups is 1. The van der Waals surface area contributed by atoms with E-state index in [1.54, 1.807) is 48.5 Å². The summed E-state index contributed by atoms with van der Waals surface area (Å²) in [5.74, 6) is -1.36. The molecule has 0 radical (unpaired) electrons. The second-order valence-electron chi connectivity index (χ2n) is 5.30. The highest BCUT2D eigenvalue weighted by Crippen LogP contribution is 2.30. The van der Waals surface area contributed by atoms with Gasteiger partial charge in [0.05, 0.1) is 15.1 Å². The molecule has 0 aliphatic heterocycles. The number of ketones is 1. The molecular weight excluding hydrogens is 365 g/mol. The van der Waals surface area contributed by atoms with Gasteiger partial charge in [-0.15, -0.1) is 0 Å². The summed E-state index contributed by atoms with van der Waals surface area (Å²) < 4.78 is 0. The first kappa shape index (κ1) is 18.9. The van der Waals surface area contributed by atoms with Crippen LogP contribution in [0.25, 0.3) is 0 Å². The number of amidine groups is 1. The Morgan fingerprint density at radius 3 is 2.28 bits per heavy atom. The van der Waals surface area contributed by atoms with Crippen molar-refractivity contribution >= 4 is 40.5 Å². The number of nitro groups is 1. The minimum atomic E-state index is -0.789. The molecule has 8 heteroatoms. The van der Waals surface area contributed by atoms with Crippen LogP contribution in [0.1, 0.15) is 24.8 Å². The van der Waals surface area contributed by atoms with Crippen LogP contribution in [0.2, 0.25) is 10.0 Å². The number of rotatable bonds is 6. The molecule has 0 bridgehead atoms. The molecule has 0 aliphatic rings. The SMILES string of the molecule is CC(=O)CC(/C(=N\Nc1c(Cl)cccc1Cl)[N+](=O)[O-])c1ccccc1. The summed E-state index contributed by atoms with van der Waals surface area (Å²) in [6.07, 6.45) is -0.0399. The minimum absolute atomic E-state index is 0.0399. The molecule has 130 valence electrons.